The number of rotatable bonds is 1. The van der Waals surface area contributed by atoms with Gasteiger partial charge in [-0.2, -0.15) is 0 Å². The van der Waals surface area contributed by atoms with Gasteiger partial charge >= 0.3 is 0 Å². The number of hydrogen-bond acceptors (Lipinski definition) is 2. The third kappa shape index (κ3) is 12.3. The maximum Gasteiger partial charge on any atom is 0.269 e. The molecule has 150 valence electrons. The molecule has 0 N–H and O–H groups in total. The zero-order valence-electron chi connectivity index (χ0n) is 16.9. The van der Waals surface area contributed by atoms with Crippen molar-refractivity contribution in [3.05, 3.63) is 109 Å². The molecular weight excluding hydrogens is 438 g/mol. The van der Waals surface area contributed by atoms with Crippen LogP contribution in [0.25, 0.3) is 0 Å². The Morgan fingerprint density at radius 1 is 0.714 bits per heavy atom. The SMILES string of the molecule is CC.Cc1ccc(Br)cc1.Cc1ccc(Cl)cc1.Cc1ccc([N+](=O)[O-])cc1. The summed E-state index contributed by atoms with van der Waals surface area (Å²) in [6.07, 6.45) is 0. The third-order valence-corrected chi connectivity index (χ3v) is 4.05. The lowest BCUT2D eigenvalue weighted by Gasteiger charge is -1.90. The first-order valence-corrected chi connectivity index (χ1v) is 10.1. The van der Waals surface area contributed by atoms with Crippen LogP contribution in [0.4, 0.5) is 5.69 Å². The molecule has 0 bridgehead atoms. The van der Waals surface area contributed by atoms with Crippen molar-refractivity contribution in [2.45, 2.75) is 34.6 Å². The predicted octanol–water partition coefficient (Wildman–Crippen LogP) is 8.34. The van der Waals surface area contributed by atoms with Crippen molar-refractivity contribution in [3.8, 4) is 0 Å². The molecule has 0 amide bonds. The Balaban J connectivity index is 0.000000376. The number of halogens is 2. The van der Waals surface area contributed by atoms with E-state index in [1.807, 2.05) is 64.1 Å². The van der Waals surface area contributed by atoms with E-state index in [-0.39, 0.29) is 5.69 Å². The number of non-ortho nitro benzene ring substituents is 1. The van der Waals surface area contributed by atoms with Gasteiger partial charge in [-0.05, 0) is 45.0 Å². The highest BCUT2D eigenvalue weighted by atomic mass is 79.9. The Labute approximate surface area is 181 Å². The van der Waals surface area contributed by atoms with E-state index in [1.54, 1.807) is 12.1 Å². The Bertz CT molecular complexity index is 716. The van der Waals surface area contributed by atoms with Crippen LogP contribution in [0, 0.1) is 30.9 Å². The molecule has 0 heterocycles. The summed E-state index contributed by atoms with van der Waals surface area (Å²) in [5.41, 5.74) is 3.72. The zero-order valence-corrected chi connectivity index (χ0v) is 19.3. The molecule has 3 aromatic rings. The summed E-state index contributed by atoms with van der Waals surface area (Å²) in [5.74, 6) is 0. The number of nitro groups is 1. The molecule has 3 rings (SSSR count). The largest absolute Gasteiger partial charge is 0.269 e. The topological polar surface area (TPSA) is 43.1 Å². The lowest BCUT2D eigenvalue weighted by Crippen LogP contribution is -1.86. The summed E-state index contributed by atoms with van der Waals surface area (Å²) in [7, 11) is 0. The van der Waals surface area contributed by atoms with Gasteiger partial charge in [0.25, 0.3) is 5.69 Å². The molecule has 0 radical (unpaired) electrons. The van der Waals surface area contributed by atoms with Crippen molar-refractivity contribution in [3.63, 3.8) is 0 Å². The fourth-order valence-electron chi connectivity index (χ4n) is 1.73. The number of nitro benzene ring substituents is 1. The molecule has 0 aliphatic carbocycles. The molecular formula is C23H27BrClNO2. The van der Waals surface area contributed by atoms with Crippen LogP contribution in [0.3, 0.4) is 0 Å². The first-order valence-electron chi connectivity index (χ1n) is 8.93. The van der Waals surface area contributed by atoms with E-state index in [4.69, 9.17) is 11.6 Å². The van der Waals surface area contributed by atoms with Crippen LogP contribution >= 0.6 is 27.5 Å². The van der Waals surface area contributed by atoms with Crippen LogP contribution < -0.4 is 0 Å². The molecule has 0 aliphatic rings. The normalized spacial score (nSPS) is 8.82. The summed E-state index contributed by atoms with van der Waals surface area (Å²) >= 11 is 8.96. The highest BCUT2D eigenvalue weighted by Crippen LogP contribution is 2.10. The van der Waals surface area contributed by atoms with Crippen LogP contribution in [0.15, 0.2) is 77.3 Å². The molecule has 5 heteroatoms. The lowest BCUT2D eigenvalue weighted by molar-refractivity contribution is -0.384. The average molecular weight is 465 g/mol. The summed E-state index contributed by atoms with van der Waals surface area (Å²) in [4.78, 5) is 9.71. The van der Waals surface area contributed by atoms with Crippen molar-refractivity contribution < 1.29 is 4.92 Å². The minimum atomic E-state index is -0.403. The van der Waals surface area contributed by atoms with Crippen molar-refractivity contribution in [2.75, 3.05) is 0 Å². The predicted molar refractivity (Wildman–Crippen MR) is 124 cm³/mol. The molecule has 3 nitrogen and oxygen atoms in total. The van der Waals surface area contributed by atoms with E-state index in [0.29, 0.717) is 0 Å². The summed E-state index contributed by atoms with van der Waals surface area (Å²) < 4.78 is 1.14. The minimum absolute atomic E-state index is 0.144. The zero-order chi connectivity index (χ0) is 21.5. The van der Waals surface area contributed by atoms with Crippen LogP contribution in [0.5, 0.6) is 0 Å². The number of nitrogens with zero attached hydrogens (tertiary/aromatic N) is 1. The van der Waals surface area contributed by atoms with Gasteiger partial charge in [-0.1, -0.05) is 94.5 Å². The molecule has 0 saturated heterocycles. The Kier molecular flexibility index (Phi) is 13.7. The lowest BCUT2D eigenvalue weighted by atomic mass is 10.2. The van der Waals surface area contributed by atoms with Crippen LogP contribution in [0.1, 0.15) is 30.5 Å². The Morgan fingerprint density at radius 3 is 1.32 bits per heavy atom. The van der Waals surface area contributed by atoms with E-state index in [1.165, 1.54) is 23.3 Å². The molecule has 0 spiro atoms. The monoisotopic (exact) mass is 463 g/mol. The van der Waals surface area contributed by atoms with E-state index in [9.17, 15) is 10.1 Å². The highest BCUT2D eigenvalue weighted by Gasteiger charge is 2.00. The van der Waals surface area contributed by atoms with Crippen LogP contribution in [-0.4, -0.2) is 4.92 Å². The van der Waals surface area contributed by atoms with Crippen molar-refractivity contribution in [1.29, 1.82) is 0 Å². The second kappa shape index (κ2) is 14.8. The van der Waals surface area contributed by atoms with Crippen molar-refractivity contribution in [1.82, 2.24) is 0 Å². The third-order valence-electron chi connectivity index (χ3n) is 3.27. The highest BCUT2D eigenvalue weighted by molar-refractivity contribution is 9.10. The Morgan fingerprint density at radius 2 is 1.04 bits per heavy atom. The molecule has 0 aromatic heterocycles. The molecule has 28 heavy (non-hydrogen) atoms. The second-order valence-electron chi connectivity index (χ2n) is 5.68. The first kappa shape index (κ1) is 25.8. The van der Waals surface area contributed by atoms with Gasteiger partial charge in [0, 0.05) is 21.6 Å². The molecule has 0 fully saturated rings. The minimum Gasteiger partial charge on any atom is -0.258 e. The van der Waals surface area contributed by atoms with Crippen LogP contribution in [-0.2, 0) is 0 Å². The quantitative estimate of drug-likeness (QED) is 0.268. The maximum atomic E-state index is 10.1. The molecule has 0 atom stereocenters. The van der Waals surface area contributed by atoms with Crippen molar-refractivity contribution >= 4 is 33.2 Å². The van der Waals surface area contributed by atoms with Gasteiger partial charge in [-0.15, -0.1) is 0 Å². The molecule has 0 aliphatic heterocycles. The van der Waals surface area contributed by atoms with Gasteiger partial charge in [-0.3, -0.25) is 10.1 Å². The summed E-state index contributed by atoms with van der Waals surface area (Å²) in [6.45, 7) is 10.0. The van der Waals surface area contributed by atoms with Gasteiger partial charge < -0.3 is 0 Å². The standard InChI is InChI=1S/C7H7Br.C7H7Cl.C7H7NO2.C2H6/c2*1-6-2-4-7(8)5-3-6;1-6-2-4-7(5-3-6)8(9)10;1-2/h2*2-5H,1H3;2-5H,1H3;1-2H3. The number of aryl methyl sites for hydroxylation is 3. The van der Waals surface area contributed by atoms with Gasteiger partial charge in [0.15, 0.2) is 0 Å². The fraction of sp³-hybridized carbons (Fsp3) is 0.217. The van der Waals surface area contributed by atoms with Crippen LogP contribution in [0.2, 0.25) is 5.02 Å². The fourth-order valence-corrected chi connectivity index (χ4v) is 2.12. The summed E-state index contributed by atoms with van der Waals surface area (Å²) in [6, 6.07) is 22.4. The summed E-state index contributed by atoms with van der Waals surface area (Å²) in [5, 5.41) is 10.9. The van der Waals surface area contributed by atoms with E-state index < -0.39 is 4.92 Å². The van der Waals surface area contributed by atoms with E-state index in [0.717, 1.165) is 15.1 Å². The van der Waals surface area contributed by atoms with Gasteiger partial charge in [0.2, 0.25) is 0 Å². The van der Waals surface area contributed by atoms with Gasteiger partial charge in [0.05, 0.1) is 4.92 Å². The number of benzene rings is 3. The number of hydrogen-bond donors (Lipinski definition) is 0. The molecule has 0 saturated carbocycles. The second-order valence-corrected chi connectivity index (χ2v) is 7.04. The first-order chi connectivity index (χ1) is 13.3. The van der Waals surface area contributed by atoms with Crippen molar-refractivity contribution in [2.24, 2.45) is 0 Å². The maximum absolute atomic E-state index is 10.1. The van der Waals surface area contributed by atoms with E-state index in [2.05, 4.69) is 35.0 Å². The smallest absolute Gasteiger partial charge is 0.258 e. The van der Waals surface area contributed by atoms with Gasteiger partial charge in [0.1, 0.15) is 0 Å². The average Bonchev–Trinajstić information content (AvgIpc) is 2.69. The molecule has 0 unspecified atom stereocenters. The Hall–Kier alpha value is -2.17. The van der Waals surface area contributed by atoms with Gasteiger partial charge in [-0.25, -0.2) is 0 Å². The molecule has 3 aromatic carbocycles. The van der Waals surface area contributed by atoms with E-state index >= 15 is 0 Å².